The van der Waals surface area contributed by atoms with Gasteiger partial charge in [-0.1, -0.05) is 48.0 Å². The van der Waals surface area contributed by atoms with E-state index >= 15 is 0 Å². The largest absolute Gasteiger partial charge is 0.484 e. The first-order valence-electron chi connectivity index (χ1n) is 24.1. The fraction of sp³-hybridized carbons (Fsp3) is 0.560. The van der Waals surface area contributed by atoms with Crippen LogP contribution in [0, 0.1) is 0 Å². The Balaban J connectivity index is 0.000000267. The molecule has 0 spiro atoms. The van der Waals surface area contributed by atoms with Gasteiger partial charge in [-0.2, -0.15) is 9.36 Å². The van der Waals surface area contributed by atoms with Gasteiger partial charge >= 0.3 is 17.7 Å². The van der Waals surface area contributed by atoms with Gasteiger partial charge in [-0.3, -0.25) is 9.59 Å². The standard InChI is InChI=1S/C27H40N4O7.C23H31ClN4O5/c1-6-34-17-19-36-23-22(29-13-15-30(16-14-29)26(33)38-27(3,4)5)24(37-20-18-35-7-2)28-31(25(23)32)21-11-9-8-10-12-21;1-5-31-15-16-32-20-19(18(24)21(29)28(25-20)17-9-7-6-8-10-17)26-11-13-27(14-12-26)22(30)33-23(2,3)4/h8-12H,6-7,13-20H2,1-5H3;6-10H,5,11-16H2,1-4H3. The van der Waals surface area contributed by atoms with Crippen LogP contribution in [0.4, 0.5) is 21.0 Å². The van der Waals surface area contributed by atoms with Gasteiger partial charge in [0.2, 0.25) is 5.75 Å². The van der Waals surface area contributed by atoms with E-state index in [4.69, 9.17) is 49.5 Å². The maximum atomic E-state index is 13.7. The third-order valence-electron chi connectivity index (χ3n) is 10.5. The van der Waals surface area contributed by atoms with Crippen LogP contribution in [-0.2, 0) is 23.7 Å². The summed E-state index contributed by atoms with van der Waals surface area (Å²) in [4.78, 5) is 59.0. The minimum absolute atomic E-state index is 0.0194. The number of hydrogen-bond acceptors (Lipinski definition) is 16. The van der Waals surface area contributed by atoms with E-state index in [-0.39, 0.29) is 54.5 Å². The van der Waals surface area contributed by atoms with Gasteiger partial charge < -0.3 is 57.5 Å². The predicted octanol–water partition coefficient (Wildman–Crippen LogP) is 6.48. The Morgan fingerprint density at radius 2 is 0.887 bits per heavy atom. The van der Waals surface area contributed by atoms with E-state index in [0.29, 0.717) is 115 Å². The summed E-state index contributed by atoms with van der Waals surface area (Å²) in [6, 6.07) is 18.1. The molecule has 390 valence electrons. The number of anilines is 2. The van der Waals surface area contributed by atoms with Gasteiger partial charge in [0.05, 0.1) is 31.2 Å². The summed E-state index contributed by atoms with van der Waals surface area (Å²) in [5, 5.41) is 9.08. The van der Waals surface area contributed by atoms with Crippen LogP contribution < -0.4 is 35.1 Å². The highest BCUT2D eigenvalue weighted by molar-refractivity contribution is 6.33. The van der Waals surface area contributed by atoms with Crippen LogP contribution in [0.25, 0.3) is 11.4 Å². The first-order chi connectivity index (χ1) is 34.0. The lowest BCUT2D eigenvalue weighted by molar-refractivity contribution is 0.0229. The topological polar surface area (TPSA) is 191 Å². The van der Waals surface area contributed by atoms with Crippen LogP contribution in [-0.4, -0.2) is 165 Å². The van der Waals surface area contributed by atoms with Crippen LogP contribution >= 0.6 is 11.6 Å². The number of para-hydroxylation sites is 2. The summed E-state index contributed by atoms with van der Waals surface area (Å²) in [6.07, 6.45) is -0.727. The van der Waals surface area contributed by atoms with Crippen molar-refractivity contribution in [1.82, 2.24) is 29.4 Å². The van der Waals surface area contributed by atoms with Gasteiger partial charge in [-0.05, 0) is 86.6 Å². The molecule has 0 N–H and O–H groups in total. The average Bonchev–Trinajstić information content (AvgIpc) is 3.34. The van der Waals surface area contributed by atoms with Crippen molar-refractivity contribution in [1.29, 1.82) is 0 Å². The first-order valence-corrected chi connectivity index (χ1v) is 24.5. The molecule has 21 heteroatoms. The monoisotopic (exact) mass is 1010 g/mol. The molecule has 2 fully saturated rings. The molecule has 71 heavy (non-hydrogen) atoms. The van der Waals surface area contributed by atoms with Gasteiger partial charge in [0.1, 0.15) is 41.7 Å². The van der Waals surface area contributed by atoms with Crippen molar-refractivity contribution in [2.75, 3.05) is 122 Å². The Morgan fingerprint density at radius 1 is 0.521 bits per heavy atom. The van der Waals surface area contributed by atoms with E-state index in [1.807, 2.05) is 109 Å². The summed E-state index contributed by atoms with van der Waals surface area (Å²) < 4.78 is 47.7. The molecule has 6 rings (SSSR count). The highest BCUT2D eigenvalue weighted by Gasteiger charge is 2.33. The quantitative estimate of drug-likeness (QED) is 0.0927. The third-order valence-corrected chi connectivity index (χ3v) is 10.8. The number of halogens is 1. The number of amides is 2. The van der Waals surface area contributed by atoms with Crippen LogP contribution in [0.1, 0.15) is 62.3 Å². The van der Waals surface area contributed by atoms with Crippen molar-refractivity contribution in [3.8, 4) is 28.9 Å². The van der Waals surface area contributed by atoms with E-state index in [1.165, 1.54) is 9.36 Å². The van der Waals surface area contributed by atoms with E-state index in [2.05, 4.69) is 10.2 Å². The number of carbonyl (C=O) groups is 2. The lowest BCUT2D eigenvalue weighted by Gasteiger charge is -2.37. The van der Waals surface area contributed by atoms with Gasteiger partial charge in [-0.25, -0.2) is 9.59 Å². The fourth-order valence-electron chi connectivity index (χ4n) is 7.22. The van der Waals surface area contributed by atoms with Gasteiger partial charge in [0.25, 0.3) is 17.3 Å². The zero-order valence-electron chi connectivity index (χ0n) is 42.6. The number of carbonyl (C=O) groups excluding carboxylic acids is 2. The maximum Gasteiger partial charge on any atom is 0.410 e. The number of ether oxygens (including phenoxy) is 8. The normalized spacial score (nSPS) is 14.1. The predicted molar refractivity (Wildman–Crippen MR) is 271 cm³/mol. The summed E-state index contributed by atoms with van der Waals surface area (Å²) in [5.41, 5.74) is 0.0597. The lowest BCUT2D eigenvalue weighted by Crippen LogP contribution is -2.50. The summed E-state index contributed by atoms with van der Waals surface area (Å²) in [6.45, 7) is 23.6. The van der Waals surface area contributed by atoms with E-state index in [1.54, 1.807) is 34.1 Å². The van der Waals surface area contributed by atoms with E-state index < -0.39 is 22.3 Å². The molecule has 4 heterocycles. The molecule has 0 aliphatic carbocycles. The zero-order chi connectivity index (χ0) is 51.6. The molecule has 20 nitrogen and oxygen atoms in total. The summed E-state index contributed by atoms with van der Waals surface area (Å²) >= 11 is 6.58. The number of nitrogens with zero attached hydrogens (tertiary/aromatic N) is 8. The molecule has 2 aromatic carbocycles. The van der Waals surface area contributed by atoms with Gasteiger partial charge in [0, 0.05) is 72.2 Å². The van der Waals surface area contributed by atoms with Crippen LogP contribution in [0.2, 0.25) is 5.02 Å². The number of rotatable bonds is 19. The second kappa shape index (κ2) is 26.9. The Labute approximate surface area is 421 Å². The molecule has 2 amide bonds. The summed E-state index contributed by atoms with van der Waals surface area (Å²) in [5.74, 6) is 0.625. The molecular weight excluding hydrogens is 940 g/mol. The van der Waals surface area contributed by atoms with Crippen LogP contribution in [0.3, 0.4) is 0 Å². The minimum Gasteiger partial charge on any atom is -0.484 e. The molecule has 2 aliphatic rings. The van der Waals surface area contributed by atoms with E-state index in [9.17, 15) is 19.2 Å². The van der Waals surface area contributed by atoms with Crippen molar-refractivity contribution in [2.45, 2.75) is 73.5 Å². The molecule has 2 aromatic heterocycles. The Kier molecular flexibility index (Phi) is 21.2. The van der Waals surface area contributed by atoms with Crippen molar-refractivity contribution in [3.05, 3.63) is 86.4 Å². The Hall–Kier alpha value is -6.09. The molecule has 0 bridgehead atoms. The number of aromatic nitrogens is 4. The molecule has 2 saturated heterocycles. The SMILES string of the molecule is CCOCCOc1nn(-c2ccccc2)c(=O)c(Cl)c1N1CCN(C(=O)OC(C)(C)C)CC1.CCOCCOc1nn(-c2ccccc2)c(=O)c(OCCOCC)c1N1CCN(C(=O)OC(C)(C)C)CC1. The average molecular weight is 1010 g/mol. The molecular formula is C50H71ClN8O12. The molecule has 0 atom stereocenters. The van der Waals surface area contributed by atoms with Gasteiger partial charge in [-0.15, -0.1) is 10.2 Å². The maximum absolute atomic E-state index is 13.7. The third kappa shape index (κ3) is 16.5. The Bertz CT molecular complexity index is 2410. The van der Waals surface area contributed by atoms with Crippen LogP contribution in [0.5, 0.6) is 17.5 Å². The molecule has 0 saturated carbocycles. The number of hydrogen-bond donors (Lipinski definition) is 0. The van der Waals surface area contributed by atoms with Crippen molar-refractivity contribution in [3.63, 3.8) is 0 Å². The number of piperazine rings is 2. The second-order valence-corrected chi connectivity index (χ2v) is 18.5. The van der Waals surface area contributed by atoms with E-state index in [0.717, 1.165) is 0 Å². The fourth-order valence-corrected chi connectivity index (χ4v) is 7.50. The highest BCUT2D eigenvalue weighted by atomic mass is 35.5. The first kappa shape index (κ1) is 55.8. The van der Waals surface area contributed by atoms with Crippen molar-refractivity contribution >= 4 is 35.2 Å². The smallest absolute Gasteiger partial charge is 0.410 e. The van der Waals surface area contributed by atoms with Crippen molar-refractivity contribution < 1.29 is 47.5 Å². The Morgan fingerprint density at radius 3 is 1.28 bits per heavy atom. The van der Waals surface area contributed by atoms with Crippen molar-refractivity contribution in [2.24, 2.45) is 0 Å². The zero-order valence-corrected chi connectivity index (χ0v) is 43.4. The number of benzene rings is 2. The highest BCUT2D eigenvalue weighted by Crippen LogP contribution is 2.36. The molecule has 4 aromatic rings. The lowest BCUT2D eigenvalue weighted by atomic mass is 10.2. The van der Waals surface area contributed by atoms with Crippen LogP contribution in [0.15, 0.2) is 70.3 Å². The van der Waals surface area contributed by atoms with Gasteiger partial charge in [0.15, 0.2) is 5.69 Å². The molecule has 2 aliphatic heterocycles. The second-order valence-electron chi connectivity index (χ2n) is 18.1. The summed E-state index contributed by atoms with van der Waals surface area (Å²) in [7, 11) is 0. The molecule has 0 radical (unpaired) electrons. The molecule has 0 unspecified atom stereocenters. The minimum atomic E-state index is -0.580.